The molecule has 0 N–H and O–H groups in total. The fourth-order valence-electron chi connectivity index (χ4n) is 5.22. The molecule has 0 amide bonds. The van der Waals surface area contributed by atoms with Gasteiger partial charge >= 0.3 is 5.48 Å². The van der Waals surface area contributed by atoms with Crippen molar-refractivity contribution >= 4 is 13.5 Å². The summed E-state index contributed by atoms with van der Waals surface area (Å²) in [5, 5.41) is 0. The van der Waals surface area contributed by atoms with Crippen LogP contribution in [0.15, 0.2) is 0 Å². The highest BCUT2D eigenvalue weighted by atomic mass is 31.1. The van der Waals surface area contributed by atoms with E-state index < -0.39 is 8.00 Å². The van der Waals surface area contributed by atoms with Crippen LogP contribution in [0, 0.1) is 23.2 Å². The molecule has 4 bridgehead atoms. The molecular formula is C13H19O4P. The van der Waals surface area contributed by atoms with Crippen LogP contribution in [0.2, 0.25) is 0 Å². The molecule has 5 aliphatic rings. The van der Waals surface area contributed by atoms with Gasteiger partial charge in [0.2, 0.25) is 0 Å². The summed E-state index contributed by atoms with van der Waals surface area (Å²) in [7, 11) is -0.362. The van der Waals surface area contributed by atoms with Crippen LogP contribution in [-0.4, -0.2) is 18.7 Å². The molecule has 0 aromatic heterocycles. The minimum atomic E-state index is -1.82. The van der Waals surface area contributed by atoms with Gasteiger partial charge in [-0.3, -0.25) is 0 Å². The molecule has 0 spiro atoms. The molecule has 4 saturated carbocycles. The fourth-order valence-corrected chi connectivity index (χ4v) is 6.01. The molecule has 0 radical (unpaired) electrons. The van der Waals surface area contributed by atoms with Crippen LogP contribution in [0.25, 0.3) is 0 Å². The van der Waals surface area contributed by atoms with Crippen molar-refractivity contribution in [2.24, 2.45) is 23.2 Å². The molecule has 2 unspecified atom stereocenters. The second-order valence-electron chi connectivity index (χ2n) is 6.62. The molecule has 0 aromatic carbocycles. The molecule has 100 valence electrons. The summed E-state index contributed by atoms with van der Waals surface area (Å²) < 4.78 is 4.91. The average Bonchev–Trinajstić information content (AvgIpc) is 2.24. The molecule has 18 heavy (non-hydrogen) atoms. The van der Waals surface area contributed by atoms with Gasteiger partial charge in [0.15, 0.2) is 6.10 Å². The van der Waals surface area contributed by atoms with E-state index in [9.17, 15) is 4.89 Å². The highest BCUT2D eigenvalue weighted by molar-refractivity contribution is 7.46. The predicted molar refractivity (Wildman–Crippen MR) is 65.5 cm³/mol. The predicted octanol–water partition coefficient (Wildman–Crippen LogP) is 1.98. The highest BCUT2D eigenvalue weighted by Gasteiger charge is 2.61. The van der Waals surface area contributed by atoms with Gasteiger partial charge in [-0.2, -0.15) is 4.52 Å². The zero-order chi connectivity index (χ0) is 12.3. The Morgan fingerprint density at radius 3 is 2.11 bits per heavy atom. The Labute approximate surface area is 108 Å². The summed E-state index contributed by atoms with van der Waals surface area (Å²) in [5.74, 6) is 2.59. The average molecular weight is 270 g/mol. The van der Waals surface area contributed by atoms with Gasteiger partial charge in [0.1, 0.15) is 0 Å². The fraction of sp³-hybridized carbons (Fsp3) is 0.923. The first-order chi connectivity index (χ1) is 8.70. The van der Waals surface area contributed by atoms with Crippen molar-refractivity contribution in [3.63, 3.8) is 0 Å². The smallest absolute Gasteiger partial charge is 0.317 e. The molecule has 2 atom stereocenters. The lowest BCUT2D eigenvalue weighted by molar-refractivity contribution is -0.347. The van der Waals surface area contributed by atoms with Crippen molar-refractivity contribution in [2.45, 2.75) is 44.6 Å². The second kappa shape index (κ2) is 4.00. The van der Waals surface area contributed by atoms with E-state index in [4.69, 9.17) is 14.3 Å². The number of hydrogen-bond donors (Lipinski definition) is 0. The summed E-state index contributed by atoms with van der Waals surface area (Å²) >= 11 is 0. The maximum atomic E-state index is 11.8. The largest absolute Gasteiger partial charge is 0.601 e. The van der Waals surface area contributed by atoms with Crippen LogP contribution in [0.1, 0.15) is 38.5 Å². The van der Waals surface area contributed by atoms with Crippen molar-refractivity contribution < 1.29 is 19.2 Å². The molecule has 0 aromatic rings. The first kappa shape index (κ1) is 11.8. The minimum absolute atomic E-state index is 0.0746. The topological polar surface area (TPSA) is 50.8 Å². The normalized spacial score (nSPS) is 52.3. The van der Waals surface area contributed by atoms with Gasteiger partial charge in [0, 0.05) is 5.41 Å². The Bertz CT molecular complexity index is 371. The van der Waals surface area contributed by atoms with Crippen molar-refractivity contribution in [3.8, 4) is 0 Å². The van der Waals surface area contributed by atoms with Crippen LogP contribution >= 0.6 is 8.00 Å². The first-order valence-electron chi connectivity index (χ1n) is 6.92. The van der Waals surface area contributed by atoms with Gasteiger partial charge in [-0.25, -0.2) is 4.89 Å². The standard InChI is InChI=1S/C13H19O4P/c1-15-18(14)12-11(16-17-12)13-5-8-2-9(6-13)4-10(3-8)7-13/h8-11H,2-7H2,1H3. The lowest BCUT2D eigenvalue weighted by Crippen LogP contribution is -2.59. The van der Waals surface area contributed by atoms with E-state index in [1.54, 1.807) is 0 Å². The Balaban J connectivity index is 1.64. The lowest BCUT2D eigenvalue weighted by atomic mass is 9.48. The SMILES string of the molecule is CO/[P+]([O-])=C1\OOC1C12CC3CC(CC(C3)C1)C2. The number of rotatable bonds is 2. The van der Waals surface area contributed by atoms with E-state index in [1.165, 1.54) is 45.6 Å². The van der Waals surface area contributed by atoms with E-state index in [1.807, 2.05) is 0 Å². The molecule has 1 aliphatic heterocycles. The highest BCUT2D eigenvalue weighted by Crippen LogP contribution is 2.63. The van der Waals surface area contributed by atoms with E-state index in [2.05, 4.69) is 0 Å². The van der Waals surface area contributed by atoms with Gasteiger partial charge in [-0.15, -0.1) is 4.89 Å². The third-order valence-corrected chi connectivity index (χ3v) is 6.44. The minimum Gasteiger partial charge on any atom is -0.601 e. The van der Waals surface area contributed by atoms with E-state index in [0.717, 1.165) is 17.8 Å². The third kappa shape index (κ3) is 1.56. The van der Waals surface area contributed by atoms with Gasteiger partial charge < -0.3 is 4.89 Å². The second-order valence-corrected chi connectivity index (χ2v) is 7.94. The molecule has 4 nitrogen and oxygen atoms in total. The Morgan fingerprint density at radius 1 is 1.17 bits per heavy atom. The van der Waals surface area contributed by atoms with Crippen molar-refractivity contribution in [1.82, 2.24) is 0 Å². The summed E-state index contributed by atoms with van der Waals surface area (Å²) in [6, 6.07) is 0. The molecular weight excluding hydrogens is 251 g/mol. The zero-order valence-corrected chi connectivity index (χ0v) is 11.5. The molecule has 5 heteroatoms. The number of hydrogen-bond acceptors (Lipinski definition) is 4. The lowest BCUT2D eigenvalue weighted by Gasteiger charge is -2.59. The Morgan fingerprint density at radius 2 is 1.72 bits per heavy atom. The van der Waals surface area contributed by atoms with Gasteiger partial charge in [0.05, 0.1) is 7.11 Å². The zero-order valence-electron chi connectivity index (χ0n) is 10.6. The molecule has 5 rings (SSSR count). The summed E-state index contributed by atoms with van der Waals surface area (Å²) in [4.78, 5) is 22.1. The van der Waals surface area contributed by atoms with Crippen LogP contribution < -0.4 is 4.89 Å². The summed E-state index contributed by atoms with van der Waals surface area (Å²) in [5.41, 5.74) is 0.751. The van der Waals surface area contributed by atoms with Crippen molar-refractivity contribution in [3.05, 3.63) is 0 Å². The summed E-state index contributed by atoms with van der Waals surface area (Å²) in [6.07, 6.45) is 7.81. The van der Waals surface area contributed by atoms with Crippen LogP contribution in [0.4, 0.5) is 0 Å². The maximum absolute atomic E-state index is 11.8. The van der Waals surface area contributed by atoms with Crippen LogP contribution in [0.3, 0.4) is 0 Å². The molecule has 1 heterocycles. The first-order valence-corrected chi connectivity index (χ1v) is 8.09. The van der Waals surface area contributed by atoms with Gasteiger partial charge in [-0.05, 0) is 56.3 Å². The third-order valence-electron chi connectivity index (χ3n) is 5.44. The van der Waals surface area contributed by atoms with E-state index in [0.29, 0.717) is 5.48 Å². The molecule has 1 saturated heterocycles. The molecule has 5 fully saturated rings. The summed E-state index contributed by atoms with van der Waals surface area (Å²) in [6.45, 7) is 0. The monoisotopic (exact) mass is 270 g/mol. The van der Waals surface area contributed by atoms with Gasteiger partial charge in [-0.1, -0.05) is 0 Å². The molecule has 4 aliphatic carbocycles. The quantitative estimate of drug-likeness (QED) is 0.568. The Hall–Kier alpha value is 0.0100. The van der Waals surface area contributed by atoms with E-state index >= 15 is 0 Å². The van der Waals surface area contributed by atoms with E-state index in [-0.39, 0.29) is 11.5 Å². The van der Waals surface area contributed by atoms with Crippen LogP contribution in [0.5, 0.6) is 0 Å². The Kier molecular flexibility index (Phi) is 2.62. The van der Waals surface area contributed by atoms with Gasteiger partial charge in [0.25, 0.3) is 8.00 Å². The van der Waals surface area contributed by atoms with Crippen LogP contribution in [-0.2, 0) is 14.3 Å². The van der Waals surface area contributed by atoms with Crippen molar-refractivity contribution in [2.75, 3.05) is 7.11 Å². The van der Waals surface area contributed by atoms with Crippen molar-refractivity contribution in [1.29, 1.82) is 0 Å². The maximum Gasteiger partial charge on any atom is 0.317 e.